The van der Waals surface area contributed by atoms with Crippen molar-refractivity contribution in [3.05, 3.63) is 69.8 Å². The van der Waals surface area contributed by atoms with Crippen molar-refractivity contribution in [2.45, 2.75) is 30.7 Å². The van der Waals surface area contributed by atoms with Gasteiger partial charge < -0.3 is 0 Å². The van der Waals surface area contributed by atoms with Crippen LogP contribution in [0.25, 0.3) is 0 Å². The number of non-ortho nitro benzene ring substituents is 1. The van der Waals surface area contributed by atoms with Crippen LogP contribution in [-0.4, -0.2) is 42.0 Å². The van der Waals surface area contributed by atoms with Gasteiger partial charge in [0.15, 0.2) is 0 Å². The van der Waals surface area contributed by atoms with E-state index in [0.29, 0.717) is 12.8 Å². The van der Waals surface area contributed by atoms with Crippen LogP contribution in [0.2, 0.25) is 0 Å². The van der Waals surface area contributed by atoms with Gasteiger partial charge in [0.05, 0.1) is 9.82 Å². The number of nitro benzene ring substituents is 1. The lowest BCUT2D eigenvalue weighted by atomic mass is 10.2. The van der Waals surface area contributed by atoms with Crippen LogP contribution in [0.4, 0.5) is 5.69 Å². The lowest BCUT2D eigenvalue weighted by Gasteiger charge is -2.23. The van der Waals surface area contributed by atoms with Crippen molar-refractivity contribution in [3.8, 4) is 0 Å². The summed E-state index contributed by atoms with van der Waals surface area (Å²) in [4.78, 5) is 35.0. The fourth-order valence-electron chi connectivity index (χ4n) is 3.17. The Bertz CT molecular complexity index is 1080. The number of hydrogen-bond acceptors (Lipinski definition) is 6. The molecule has 0 bridgehead atoms. The number of sulfonamides is 1. The zero-order chi connectivity index (χ0) is 21.9. The maximum absolute atomic E-state index is 12.9. The second-order valence-electron chi connectivity index (χ2n) is 6.84. The van der Waals surface area contributed by atoms with E-state index in [4.69, 9.17) is 0 Å². The first-order valence-corrected chi connectivity index (χ1v) is 10.6. The molecule has 0 aliphatic carbocycles. The molecule has 0 unspecified atom stereocenters. The van der Waals surface area contributed by atoms with Gasteiger partial charge in [-0.2, -0.15) is 4.31 Å². The highest BCUT2D eigenvalue weighted by atomic mass is 32.2. The molecular formula is C19H20N4O6S. The summed E-state index contributed by atoms with van der Waals surface area (Å²) < 4.78 is 27.0. The first-order valence-electron chi connectivity index (χ1n) is 9.13. The summed E-state index contributed by atoms with van der Waals surface area (Å²) in [5.74, 6) is -1.43. The molecule has 1 heterocycles. The van der Waals surface area contributed by atoms with E-state index in [1.54, 1.807) is 12.1 Å². The fraction of sp³-hybridized carbons (Fsp3) is 0.263. The van der Waals surface area contributed by atoms with Gasteiger partial charge in [0.1, 0.15) is 6.04 Å². The Balaban J connectivity index is 1.69. The highest BCUT2D eigenvalue weighted by Crippen LogP contribution is 2.26. The molecule has 2 aromatic carbocycles. The highest BCUT2D eigenvalue weighted by Gasteiger charge is 2.39. The van der Waals surface area contributed by atoms with Gasteiger partial charge in [0, 0.05) is 24.2 Å². The van der Waals surface area contributed by atoms with Gasteiger partial charge in [-0.25, -0.2) is 8.42 Å². The minimum Gasteiger partial charge on any atom is -0.271 e. The number of hydrazine groups is 1. The molecule has 1 fully saturated rings. The first-order chi connectivity index (χ1) is 14.2. The smallest absolute Gasteiger partial charge is 0.270 e. The topological polar surface area (TPSA) is 139 Å². The van der Waals surface area contributed by atoms with Crippen molar-refractivity contribution in [2.24, 2.45) is 0 Å². The lowest BCUT2D eigenvalue weighted by molar-refractivity contribution is -0.384. The third-order valence-electron chi connectivity index (χ3n) is 4.75. The summed E-state index contributed by atoms with van der Waals surface area (Å²) in [6.45, 7) is 2.03. The molecule has 3 rings (SSSR count). The number of benzene rings is 2. The van der Waals surface area contributed by atoms with Crippen molar-refractivity contribution in [1.82, 2.24) is 15.2 Å². The van der Waals surface area contributed by atoms with Gasteiger partial charge in [-0.05, 0) is 38.0 Å². The molecule has 30 heavy (non-hydrogen) atoms. The van der Waals surface area contributed by atoms with Gasteiger partial charge in [-0.15, -0.1) is 0 Å². The van der Waals surface area contributed by atoms with Crippen LogP contribution in [0.3, 0.4) is 0 Å². The molecular weight excluding hydrogens is 412 g/mol. The summed E-state index contributed by atoms with van der Waals surface area (Å²) in [6.07, 6.45) is 0.811. The number of nitrogens with one attached hydrogen (secondary N) is 2. The van der Waals surface area contributed by atoms with E-state index in [9.17, 15) is 28.1 Å². The van der Waals surface area contributed by atoms with Crippen LogP contribution in [0.15, 0.2) is 53.4 Å². The van der Waals surface area contributed by atoms with Gasteiger partial charge in [-0.3, -0.25) is 30.6 Å². The Morgan fingerprint density at radius 1 is 1.13 bits per heavy atom. The van der Waals surface area contributed by atoms with Crippen LogP contribution < -0.4 is 10.9 Å². The van der Waals surface area contributed by atoms with E-state index in [1.165, 1.54) is 30.3 Å². The SMILES string of the molecule is Cc1ccc(S(=O)(=O)N2CCC[C@H]2C(=O)NNC(=O)c2cccc([N+](=O)[O-])c2)cc1. The number of aryl methyl sites for hydroxylation is 1. The normalized spacial score (nSPS) is 16.8. The molecule has 0 radical (unpaired) electrons. The minimum absolute atomic E-state index is 0.0138. The standard InChI is InChI=1S/C19H20N4O6S/c1-13-7-9-16(10-8-13)30(28,29)22-11-3-6-17(22)19(25)21-20-18(24)14-4-2-5-15(12-14)23(26)27/h2,4-5,7-10,12,17H,3,6,11H2,1H3,(H,20,24)(H,21,25)/t17-/m0/s1. The molecule has 1 aliphatic heterocycles. The predicted molar refractivity (Wildman–Crippen MR) is 107 cm³/mol. The van der Waals surface area contributed by atoms with Gasteiger partial charge in [-0.1, -0.05) is 23.8 Å². The third-order valence-corrected chi connectivity index (χ3v) is 6.67. The maximum atomic E-state index is 12.9. The number of rotatable bonds is 5. The Morgan fingerprint density at radius 3 is 2.50 bits per heavy atom. The number of nitro groups is 1. The number of carbonyl (C=O) groups is 2. The number of amides is 2. The van der Waals surface area contributed by atoms with E-state index >= 15 is 0 Å². The van der Waals surface area contributed by atoms with E-state index < -0.39 is 32.8 Å². The number of hydrogen-bond donors (Lipinski definition) is 2. The van der Waals surface area contributed by atoms with E-state index in [-0.39, 0.29) is 22.7 Å². The summed E-state index contributed by atoms with van der Waals surface area (Å²) in [5.41, 5.74) is 5.03. The number of nitrogens with zero attached hydrogens (tertiary/aromatic N) is 2. The lowest BCUT2D eigenvalue weighted by Crippen LogP contribution is -2.51. The monoisotopic (exact) mass is 432 g/mol. The second-order valence-corrected chi connectivity index (χ2v) is 8.73. The zero-order valence-corrected chi connectivity index (χ0v) is 16.9. The van der Waals surface area contributed by atoms with Crippen molar-refractivity contribution in [2.75, 3.05) is 6.54 Å². The summed E-state index contributed by atoms with van der Waals surface area (Å²) >= 11 is 0. The van der Waals surface area contributed by atoms with E-state index in [1.807, 2.05) is 6.92 Å². The van der Waals surface area contributed by atoms with Crippen LogP contribution in [0, 0.1) is 17.0 Å². The Hall–Kier alpha value is -3.31. The predicted octanol–water partition coefficient (Wildman–Crippen LogP) is 1.52. The molecule has 2 amide bonds. The van der Waals surface area contributed by atoms with Gasteiger partial charge in [0.25, 0.3) is 17.5 Å². The first kappa shape index (κ1) is 21.4. The molecule has 2 N–H and O–H groups in total. The van der Waals surface area contributed by atoms with Crippen LogP contribution >= 0.6 is 0 Å². The fourth-order valence-corrected chi connectivity index (χ4v) is 4.83. The molecule has 1 atom stereocenters. The highest BCUT2D eigenvalue weighted by molar-refractivity contribution is 7.89. The van der Waals surface area contributed by atoms with Crippen molar-refractivity contribution < 1.29 is 22.9 Å². The molecule has 0 aromatic heterocycles. The molecule has 0 spiro atoms. The third kappa shape index (κ3) is 4.47. The zero-order valence-electron chi connectivity index (χ0n) is 16.1. The summed E-state index contributed by atoms with van der Waals surface area (Å²) in [6, 6.07) is 10.4. The van der Waals surface area contributed by atoms with Gasteiger partial charge in [0.2, 0.25) is 10.0 Å². The molecule has 0 saturated carbocycles. The van der Waals surface area contributed by atoms with E-state index in [2.05, 4.69) is 10.9 Å². The van der Waals surface area contributed by atoms with Crippen LogP contribution in [0.5, 0.6) is 0 Å². The van der Waals surface area contributed by atoms with Crippen LogP contribution in [-0.2, 0) is 14.8 Å². The number of carbonyl (C=O) groups excluding carboxylic acids is 2. The Kier molecular flexibility index (Phi) is 6.13. The molecule has 2 aromatic rings. The second kappa shape index (κ2) is 8.59. The van der Waals surface area contributed by atoms with Gasteiger partial charge >= 0.3 is 0 Å². The van der Waals surface area contributed by atoms with Crippen molar-refractivity contribution in [1.29, 1.82) is 0 Å². The molecule has 158 valence electrons. The Labute approximate surface area is 173 Å². The maximum Gasteiger partial charge on any atom is 0.270 e. The summed E-state index contributed by atoms with van der Waals surface area (Å²) in [7, 11) is -3.87. The summed E-state index contributed by atoms with van der Waals surface area (Å²) in [5, 5.41) is 10.8. The molecule has 11 heteroatoms. The largest absolute Gasteiger partial charge is 0.271 e. The minimum atomic E-state index is -3.87. The molecule has 10 nitrogen and oxygen atoms in total. The van der Waals surface area contributed by atoms with Crippen LogP contribution in [0.1, 0.15) is 28.8 Å². The molecule has 1 saturated heterocycles. The molecule has 1 aliphatic rings. The van der Waals surface area contributed by atoms with Crippen molar-refractivity contribution in [3.63, 3.8) is 0 Å². The average Bonchev–Trinajstić information content (AvgIpc) is 3.23. The quantitative estimate of drug-likeness (QED) is 0.542. The van der Waals surface area contributed by atoms with Crippen molar-refractivity contribution >= 4 is 27.5 Å². The average molecular weight is 432 g/mol. The van der Waals surface area contributed by atoms with E-state index in [0.717, 1.165) is 15.9 Å². The Morgan fingerprint density at radius 2 is 1.83 bits per heavy atom.